The number of aliphatic imine (C=N–C) groups is 1. The van der Waals surface area contributed by atoms with Gasteiger partial charge in [-0.2, -0.15) is 0 Å². The van der Waals surface area contributed by atoms with Crippen LogP contribution in [0.2, 0.25) is 0 Å². The molecule has 0 saturated heterocycles. The maximum atomic E-state index is 10.5. The van der Waals surface area contributed by atoms with Crippen LogP contribution in [-0.4, -0.2) is 17.4 Å². The SMILES string of the molecule is CCCCCC(C)N=Cc1c(-c2ccccc2)ccc(C)c1O.[Cl][Zr][Cl]. The number of unbranched alkanes of at least 4 members (excludes halogenated alkanes) is 2. The molecule has 0 aliphatic carbocycles. The van der Waals surface area contributed by atoms with Gasteiger partial charge in [-0.05, 0) is 37.0 Å². The summed E-state index contributed by atoms with van der Waals surface area (Å²) in [7, 11) is 9.87. The molecular formula is C21H27Cl2NOZr. The molecule has 140 valence electrons. The van der Waals surface area contributed by atoms with Gasteiger partial charge in [-0.15, -0.1) is 0 Å². The summed E-state index contributed by atoms with van der Waals surface area (Å²) in [6, 6.07) is 14.5. The van der Waals surface area contributed by atoms with Crippen molar-refractivity contribution in [1.82, 2.24) is 0 Å². The third-order valence-electron chi connectivity index (χ3n) is 4.19. The zero-order valence-electron chi connectivity index (χ0n) is 15.7. The van der Waals surface area contributed by atoms with Crippen LogP contribution in [0.15, 0.2) is 47.5 Å². The minimum absolute atomic E-state index is 0.282. The Morgan fingerprint density at radius 2 is 1.77 bits per heavy atom. The predicted octanol–water partition coefficient (Wildman–Crippen LogP) is 7.13. The van der Waals surface area contributed by atoms with Crippen molar-refractivity contribution < 1.29 is 26.0 Å². The number of rotatable bonds is 7. The predicted molar refractivity (Wildman–Crippen MR) is 111 cm³/mol. The average molecular weight is 472 g/mol. The number of halogens is 2. The van der Waals surface area contributed by atoms with Crippen LogP contribution in [0.25, 0.3) is 11.1 Å². The van der Waals surface area contributed by atoms with Gasteiger partial charge in [0.15, 0.2) is 0 Å². The summed E-state index contributed by atoms with van der Waals surface area (Å²) in [6.07, 6.45) is 6.64. The molecule has 0 radical (unpaired) electrons. The molecule has 0 aliphatic rings. The third-order valence-corrected chi connectivity index (χ3v) is 4.19. The Balaban J connectivity index is 0.00000105. The monoisotopic (exact) mass is 469 g/mol. The number of hydrogen-bond acceptors (Lipinski definition) is 2. The van der Waals surface area contributed by atoms with E-state index in [1.54, 1.807) is 0 Å². The van der Waals surface area contributed by atoms with Crippen molar-refractivity contribution >= 4 is 23.2 Å². The summed E-state index contributed by atoms with van der Waals surface area (Å²) < 4.78 is 0. The van der Waals surface area contributed by atoms with E-state index >= 15 is 0 Å². The Bertz CT molecular complexity index is 677. The molecule has 0 saturated carbocycles. The van der Waals surface area contributed by atoms with Crippen LogP contribution < -0.4 is 0 Å². The average Bonchev–Trinajstić information content (AvgIpc) is 2.64. The third kappa shape index (κ3) is 7.95. The standard InChI is InChI=1S/C21H27NO.2ClH.Zr/c1-4-5-7-10-17(3)22-15-20-19(14-13-16(2)21(20)23)18-11-8-6-9-12-18;;;/h6,8-9,11-15,17,23H,4-5,7,10H2,1-3H3;2*1H;/q;;;+2/p-2. The zero-order valence-corrected chi connectivity index (χ0v) is 19.6. The van der Waals surface area contributed by atoms with Crippen LogP contribution >= 0.6 is 17.0 Å². The van der Waals surface area contributed by atoms with Gasteiger partial charge in [0.25, 0.3) is 0 Å². The van der Waals surface area contributed by atoms with E-state index in [9.17, 15) is 5.11 Å². The van der Waals surface area contributed by atoms with Crippen molar-refractivity contribution in [2.45, 2.75) is 52.5 Å². The molecule has 0 fully saturated rings. The number of nitrogens with zero attached hydrogens (tertiary/aromatic N) is 1. The van der Waals surface area contributed by atoms with E-state index in [1.807, 2.05) is 37.4 Å². The van der Waals surface area contributed by atoms with Crippen molar-refractivity contribution in [3.05, 3.63) is 53.6 Å². The molecule has 1 unspecified atom stereocenters. The molecule has 0 aliphatic heterocycles. The first-order chi connectivity index (χ1) is 12.5. The fourth-order valence-corrected chi connectivity index (χ4v) is 2.68. The van der Waals surface area contributed by atoms with Crippen molar-refractivity contribution in [3.8, 4) is 16.9 Å². The van der Waals surface area contributed by atoms with Gasteiger partial charge in [-0.25, -0.2) is 0 Å². The molecule has 2 nitrogen and oxygen atoms in total. The first kappa shape index (κ1) is 23.4. The fraction of sp³-hybridized carbons (Fsp3) is 0.381. The summed E-state index contributed by atoms with van der Waals surface area (Å²) in [5.41, 5.74) is 3.82. The molecule has 1 N–H and O–H groups in total. The second kappa shape index (κ2) is 13.5. The fourth-order valence-electron chi connectivity index (χ4n) is 2.68. The van der Waals surface area contributed by atoms with Gasteiger partial charge in [-0.3, -0.25) is 4.99 Å². The van der Waals surface area contributed by atoms with Crippen LogP contribution in [0.5, 0.6) is 5.75 Å². The molecule has 0 amide bonds. The van der Waals surface area contributed by atoms with Gasteiger partial charge in [0.1, 0.15) is 5.75 Å². The second-order valence-corrected chi connectivity index (χ2v) is 9.98. The first-order valence-corrected chi connectivity index (χ1v) is 15.3. The molecule has 5 heteroatoms. The van der Waals surface area contributed by atoms with E-state index in [0.717, 1.165) is 28.7 Å². The number of hydrogen-bond donors (Lipinski definition) is 1. The van der Waals surface area contributed by atoms with Gasteiger partial charge in [-0.1, -0.05) is 68.7 Å². The second-order valence-electron chi connectivity index (χ2n) is 6.25. The number of benzene rings is 2. The number of aryl methyl sites for hydroxylation is 1. The van der Waals surface area contributed by atoms with Crippen LogP contribution in [-0.2, 0) is 20.8 Å². The Morgan fingerprint density at radius 1 is 1.12 bits per heavy atom. The van der Waals surface area contributed by atoms with Crippen molar-refractivity contribution in [2.24, 2.45) is 4.99 Å². The molecular weight excluding hydrogens is 444 g/mol. The van der Waals surface area contributed by atoms with Crippen molar-refractivity contribution in [1.29, 1.82) is 0 Å². The molecule has 0 spiro atoms. The summed E-state index contributed by atoms with van der Waals surface area (Å²) in [5, 5.41) is 10.5. The van der Waals surface area contributed by atoms with Crippen LogP contribution in [0, 0.1) is 6.92 Å². The molecule has 0 heterocycles. The summed E-state index contributed by atoms with van der Waals surface area (Å²) in [4.78, 5) is 4.67. The van der Waals surface area contributed by atoms with E-state index in [-0.39, 0.29) is 6.04 Å². The van der Waals surface area contributed by atoms with Gasteiger partial charge in [0, 0.05) is 17.8 Å². The topological polar surface area (TPSA) is 32.6 Å². The quantitative estimate of drug-likeness (QED) is 0.338. The zero-order chi connectivity index (χ0) is 19.4. The molecule has 2 rings (SSSR count). The van der Waals surface area contributed by atoms with E-state index in [2.05, 4.69) is 37.0 Å². The number of aromatic hydroxyl groups is 1. The Labute approximate surface area is 176 Å². The Hall–Kier alpha value is -0.627. The molecule has 26 heavy (non-hydrogen) atoms. The first-order valence-electron chi connectivity index (χ1n) is 8.92. The molecule has 1 atom stereocenters. The molecule has 0 bridgehead atoms. The van der Waals surface area contributed by atoms with E-state index < -0.39 is 20.8 Å². The van der Waals surface area contributed by atoms with Crippen LogP contribution in [0.1, 0.15) is 50.7 Å². The molecule has 2 aromatic carbocycles. The van der Waals surface area contributed by atoms with E-state index in [0.29, 0.717) is 5.75 Å². The van der Waals surface area contributed by atoms with Crippen LogP contribution in [0.3, 0.4) is 0 Å². The maximum absolute atomic E-state index is 10.5. The van der Waals surface area contributed by atoms with Gasteiger partial charge >= 0.3 is 37.9 Å². The van der Waals surface area contributed by atoms with Crippen molar-refractivity contribution in [2.75, 3.05) is 0 Å². The summed E-state index contributed by atoms with van der Waals surface area (Å²) in [6.45, 7) is 6.28. The van der Waals surface area contributed by atoms with Crippen LogP contribution in [0.4, 0.5) is 0 Å². The molecule has 2 aromatic rings. The normalized spacial score (nSPS) is 11.7. The van der Waals surface area contributed by atoms with Gasteiger partial charge in [0.2, 0.25) is 0 Å². The molecule has 0 aromatic heterocycles. The number of phenolic OH excluding ortho intramolecular Hbond substituents is 1. The van der Waals surface area contributed by atoms with Crippen molar-refractivity contribution in [3.63, 3.8) is 0 Å². The Morgan fingerprint density at radius 3 is 2.38 bits per heavy atom. The Kier molecular flexibility index (Phi) is 12.2. The summed E-state index contributed by atoms with van der Waals surface area (Å²) >= 11 is -0.826. The minimum atomic E-state index is -0.826. The van der Waals surface area contributed by atoms with Gasteiger partial charge < -0.3 is 5.11 Å². The number of phenols is 1. The summed E-state index contributed by atoms with van der Waals surface area (Å²) in [5.74, 6) is 0.330. The van der Waals surface area contributed by atoms with Gasteiger partial charge in [0.05, 0.1) is 0 Å². The van der Waals surface area contributed by atoms with E-state index in [1.165, 1.54) is 19.3 Å². The van der Waals surface area contributed by atoms with E-state index in [4.69, 9.17) is 17.0 Å².